The van der Waals surface area contributed by atoms with Gasteiger partial charge in [0.15, 0.2) is 0 Å². The molecule has 572 valence electrons. The van der Waals surface area contributed by atoms with Crippen LogP contribution in [-0.2, 0) is 99.4 Å². The van der Waals surface area contributed by atoms with E-state index in [0.29, 0.717) is 70.5 Å². The third-order valence-electron chi connectivity index (χ3n) is 17.2. The fourth-order valence-electron chi connectivity index (χ4n) is 11.3. The van der Waals surface area contributed by atoms with Crippen LogP contribution >= 0.6 is 11.8 Å². The van der Waals surface area contributed by atoms with E-state index in [4.69, 9.17) is 35.2 Å². The normalized spacial score (nSPS) is 22.8. The second kappa shape index (κ2) is 44.7. The number of carboxylic acid groups (broad SMARTS) is 1. The van der Waals surface area contributed by atoms with E-state index < -0.39 is 187 Å². The summed E-state index contributed by atoms with van der Waals surface area (Å²) in [5.74, 6) is -13.5. The molecule has 1 aromatic carbocycles. The van der Waals surface area contributed by atoms with Crippen molar-refractivity contribution >= 4 is 98.5 Å². The number of aromatic nitrogens is 1. The van der Waals surface area contributed by atoms with Crippen LogP contribution in [0.15, 0.2) is 29.1 Å². The molecule has 1 aromatic heterocycles. The van der Waals surface area contributed by atoms with Crippen LogP contribution in [0.5, 0.6) is 5.75 Å². The number of carbonyl (C=O) groups is 11. The number of amides is 10. The quantitative estimate of drug-likeness (QED) is 0.0286. The number of H-pyrrole nitrogens is 1. The molecule has 35 nitrogen and oxygen atoms in total. The van der Waals surface area contributed by atoms with E-state index in [2.05, 4.69) is 52.8 Å². The SMILES string of the molecule is CCCCCC(CC(=O)O)C(=O)NC/C(N)=C/NCCOCCOCCOCCOCCOCCSCc1c(O)ccc2c3c([nH]c12)S(=O)C[C@H]1NC(=O)CNC(=O)[C@H]([C@@H](C)CC)NC(=O)CCNC(=O)[C@H](C3)NC(=O)[C@H]([C@@H](C)[C@@H](O)CO)NC(=O)[C@@H]2C[C@@H](O)CN2C(=O)[C@H](CC(N)=O)NC1=O. The predicted molar refractivity (Wildman–Crippen MR) is 370 cm³/mol. The van der Waals surface area contributed by atoms with Crippen LogP contribution in [0.25, 0.3) is 10.9 Å². The van der Waals surface area contributed by atoms with Gasteiger partial charge in [0.05, 0.1) is 133 Å². The molecule has 12 atom stereocenters. The third-order valence-corrected chi connectivity index (χ3v) is 19.6. The number of ether oxygens (including phenoxy) is 5. The zero-order chi connectivity index (χ0) is 74.8. The van der Waals surface area contributed by atoms with Gasteiger partial charge in [0, 0.05) is 85.1 Å². The summed E-state index contributed by atoms with van der Waals surface area (Å²) in [6.07, 6.45) is -0.510. The van der Waals surface area contributed by atoms with Gasteiger partial charge >= 0.3 is 5.97 Å². The van der Waals surface area contributed by atoms with Gasteiger partial charge in [-0.25, -0.2) is 0 Å². The number of aliphatic hydroxyl groups is 3. The smallest absolute Gasteiger partial charge is 0.304 e. The highest BCUT2D eigenvalue weighted by Crippen LogP contribution is 2.36. The van der Waals surface area contributed by atoms with Crippen LogP contribution in [0.4, 0.5) is 0 Å². The van der Waals surface area contributed by atoms with E-state index >= 15 is 4.21 Å². The number of benzene rings is 1. The molecule has 2 unspecified atom stereocenters. The first kappa shape index (κ1) is 84.9. The van der Waals surface area contributed by atoms with Crippen LogP contribution in [0, 0.1) is 17.8 Å². The van der Waals surface area contributed by atoms with Crippen molar-refractivity contribution in [1.82, 2.24) is 57.7 Å². The van der Waals surface area contributed by atoms with Gasteiger partial charge in [-0.05, 0) is 30.0 Å². The number of phenols is 1. The number of carboxylic acids is 1. The van der Waals surface area contributed by atoms with Crippen LogP contribution in [0.2, 0.25) is 0 Å². The Morgan fingerprint density at radius 3 is 2.10 bits per heavy atom. The highest BCUT2D eigenvalue weighted by Gasteiger charge is 2.45. The maximum atomic E-state index is 15.3. The number of fused-ring (bicyclic) bond motifs is 5. The van der Waals surface area contributed by atoms with E-state index in [9.17, 15) is 78.3 Å². The molecule has 0 aliphatic carbocycles. The van der Waals surface area contributed by atoms with Crippen LogP contribution < -0.4 is 59.3 Å². The summed E-state index contributed by atoms with van der Waals surface area (Å²) in [6.45, 7) is 7.65. The molecule has 2 bridgehead atoms. The fourth-order valence-corrected chi connectivity index (χ4v) is 13.6. The third kappa shape index (κ3) is 27.8. The number of thioether (sulfide) groups is 1. The Hall–Kier alpha value is -7.75. The number of aromatic hydroxyl groups is 1. The van der Waals surface area contributed by atoms with Crippen molar-refractivity contribution < 1.29 is 106 Å². The van der Waals surface area contributed by atoms with Crippen LogP contribution in [0.3, 0.4) is 0 Å². The van der Waals surface area contributed by atoms with Crippen molar-refractivity contribution in [2.24, 2.45) is 29.2 Å². The second-order valence-electron chi connectivity index (χ2n) is 25.0. The maximum absolute atomic E-state index is 15.3. The van der Waals surface area contributed by atoms with E-state index in [-0.39, 0.29) is 90.4 Å². The fraction of sp³-hybridized carbons (Fsp3) is 0.677. The van der Waals surface area contributed by atoms with Gasteiger partial charge in [-0.2, -0.15) is 11.8 Å². The molecule has 3 aliphatic rings. The number of hydrogen-bond donors (Lipinski definition) is 17. The number of hydrogen-bond acceptors (Lipinski definition) is 24. The summed E-state index contributed by atoms with van der Waals surface area (Å²) >= 11 is 1.34. The number of nitrogens with one attached hydrogen (secondary N) is 10. The van der Waals surface area contributed by atoms with Gasteiger partial charge in [0.25, 0.3) is 0 Å². The minimum atomic E-state index is -2.48. The standard InChI is InChI=1S/C65H103N13O22S2/c1-5-7-8-9-39(26-54(86)87)58(88)70-31-40(66)30-68-14-15-96-16-17-97-18-19-98-20-21-99-22-23-100-24-25-101-35-44-49(81)11-10-42-43-28-45-59(89)69-13-12-52(84)75-55(37(3)6-2)62(92)71-32-53(85)72-47(36-102(95)64(43)77-57(42)44)60(90)74-46(29-51(67)83)65(94)78-33-41(80)27-48(78)61(91)76-56(63(93)73-45)38(4)50(82)34-79/h10-11,30,37-39,41,45-48,50,55-56,68,77,79-82H,5-9,12-29,31-36,66H2,1-4H3,(H2,67,83)(H,69,89)(H,70,88)(H,71,92)(H,72,85)(H,73,93)(H,74,90)(H,75,84)(H,76,91)(H,86,87)/b40-30-/t37-,38-,39?,41+,45-,46-,47+,48-,50-,55-,56-,102?/m0/s1. The number of carbonyl (C=O) groups excluding carboxylic acids is 10. The van der Waals surface area contributed by atoms with Gasteiger partial charge < -0.3 is 118 Å². The molecule has 0 saturated carbocycles. The monoisotopic (exact) mass is 1480 g/mol. The van der Waals surface area contributed by atoms with Gasteiger partial charge in [0.2, 0.25) is 59.1 Å². The average molecular weight is 1480 g/mol. The van der Waals surface area contributed by atoms with Gasteiger partial charge in [-0.15, -0.1) is 0 Å². The number of aromatic amines is 1. The summed E-state index contributed by atoms with van der Waals surface area (Å²) in [7, 11) is -2.48. The van der Waals surface area contributed by atoms with Gasteiger partial charge in [0.1, 0.15) is 47.0 Å². The molecule has 4 heterocycles. The van der Waals surface area contributed by atoms with Crippen molar-refractivity contribution in [2.45, 2.75) is 151 Å². The predicted octanol–water partition coefficient (Wildman–Crippen LogP) is -4.04. The number of nitrogens with zero attached hydrogens (tertiary/aromatic N) is 1. The van der Waals surface area contributed by atoms with Crippen LogP contribution in [-0.4, -0.2) is 270 Å². The first-order valence-electron chi connectivity index (χ1n) is 34.3. The van der Waals surface area contributed by atoms with Crippen molar-refractivity contribution in [3.63, 3.8) is 0 Å². The highest BCUT2D eigenvalue weighted by atomic mass is 32.2. The molecule has 0 spiro atoms. The number of phenolic OH excluding ortho intramolecular Hbond substituents is 1. The minimum Gasteiger partial charge on any atom is -0.508 e. The number of aliphatic carboxylic acids is 1. The lowest BCUT2D eigenvalue weighted by molar-refractivity contribution is -0.144. The van der Waals surface area contributed by atoms with Gasteiger partial charge in [-0.3, -0.25) is 56.9 Å². The Morgan fingerprint density at radius 1 is 0.794 bits per heavy atom. The Balaban J connectivity index is 1.26. The molecule has 19 N–H and O–H groups in total. The zero-order valence-electron chi connectivity index (χ0n) is 58.2. The Bertz CT molecular complexity index is 3200. The molecule has 1 fully saturated rings. The molecular weight excluding hydrogens is 1380 g/mol. The van der Waals surface area contributed by atoms with E-state index in [0.717, 1.165) is 24.2 Å². The Labute approximate surface area is 598 Å². The van der Waals surface area contributed by atoms with Crippen molar-refractivity contribution in [3.05, 3.63) is 35.2 Å². The van der Waals surface area contributed by atoms with Crippen molar-refractivity contribution in [2.75, 3.05) is 117 Å². The molecule has 10 amide bonds. The Kier molecular flexibility index (Phi) is 37.2. The lowest BCUT2D eigenvalue weighted by atomic mass is 9.93. The molecule has 3 aliphatic heterocycles. The van der Waals surface area contributed by atoms with Gasteiger partial charge in [-0.1, -0.05) is 53.4 Å². The number of primary amides is 1. The van der Waals surface area contributed by atoms with Crippen molar-refractivity contribution in [1.29, 1.82) is 0 Å². The first-order chi connectivity index (χ1) is 48.8. The topological polar surface area (TPSA) is 531 Å². The molecule has 5 rings (SSSR count). The lowest BCUT2D eigenvalue weighted by Crippen LogP contribution is -2.61. The molecule has 37 heteroatoms. The molecule has 102 heavy (non-hydrogen) atoms. The summed E-state index contributed by atoms with van der Waals surface area (Å²) in [5.41, 5.74) is 12.5. The first-order valence-corrected chi connectivity index (χ1v) is 36.7. The number of rotatable bonds is 37. The summed E-state index contributed by atoms with van der Waals surface area (Å²) in [4.78, 5) is 155. The molecule has 1 saturated heterocycles. The van der Waals surface area contributed by atoms with Crippen molar-refractivity contribution in [3.8, 4) is 5.75 Å². The van der Waals surface area contributed by atoms with E-state index in [1.807, 2.05) is 6.92 Å². The second-order valence-corrected chi connectivity index (χ2v) is 27.6. The highest BCUT2D eigenvalue weighted by molar-refractivity contribution is 7.98. The minimum absolute atomic E-state index is 0.0661. The summed E-state index contributed by atoms with van der Waals surface area (Å²) in [5, 5.41) is 76.0. The van der Waals surface area contributed by atoms with E-state index in [1.54, 1.807) is 20.0 Å². The lowest BCUT2D eigenvalue weighted by Gasteiger charge is -2.32. The zero-order valence-corrected chi connectivity index (χ0v) is 59.8. The molecule has 0 radical (unpaired) electrons. The average Bonchev–Trinajstić information content (AvgIpc) is 1.61. The molecule has 2 aromatic rings. The Morgan fingerprint density at radius 2 is 1.46 bits per heavy atom. The number of aliphatic hydroxyl groups excluding tert-OH is 3. The largest absolute Gasteiger partial charge is 0.508 e. The number of nitrogens with two attached hydrogens (primary N) is 2. The summed E-state index contributed by atoms with van der Waals surface area (Å²) in [6, 6.07) is -7.32. The molecular formula is C65H103N13O22S2. The van der Waals surface area contributed by atoms with Crippen LogP contribution in [0.1, 0.15) is 96.6 Å². The summed E-state index contributed by atoms with van der Waals surface area (Å²) < 4.78 is 43.4. The number of unbranched alkanes of at least 4 members (excludes halogenated alkanes) is 2. The maximum Gasteiger partial charge on any atom is 0.304 e. The van der Waals surface area contributed by atoms with E-state index in [1.165, 1.54) is 30.8 Å².